The molecule has 0 N–H and O–H groups in total. The van der Waals surface area contributed by atoms with Gasteiger partial charge in [-0.2, -0.15) is 0 Å². The van der Waals surface area contributed by atoms with Gasteiger partial charge in [0.15, 0.2) is 0 Å². The first-order valence-electron chi connectivity index (χ1n) is 11.6. The van der Waals surface area contributed by atoms with E-state index in [4.69, 9.17) is 4.42 Å². The summed E-state index contributed by atoms with van der Waals surface area (Å²) in [4.78, 5) is 12.9. The predicted molar refractivity (Wildman–Crippen MR) is 147 cm³/mol. The van der Waals surface area contributed by atoms with Crippen LogP contribution in [0.1, 0.15) is 0 Å². The molecule has 0 aliphatic heterocycles. The third-order valence-electron chi connectivity index (χ3n) is 7.03. The number of benzene rings is 5. The van der Waals surface area contributed by atoms with Gasteiger partial charge in [0.1, 0.15) is 5.58 Å². The first-order chi connectivity index (χ1) is 17.3. The lowest BCUT2D eigenvalue weighted by Gasteiger charge is -2.09. The van der Waals surface area contributed by atoms with Crippen molar-refractivity contribution in [3.63, 3.8) is 0 Å². The third kappa shape index (κ3) is 2.57. The summed E-state index contributed by atoms with van der Waals surface area (Å²) in [6.45, 7) is 0. The smallest absolute Gasteiger partial charge is 0.344 e. The number of para-hydroxylation sites is 2. The maximum Gasteiger partial charge on any atom is 0.344 e. The SMILES string of the molecule is O=c1oc2ccccc2c2cc3c(cc12)c1ccccc1n3-c1ccc2c(c1)sc1ccccc12. The monoisotopic (exact) mass is 467 g/mol. The van der Waals surface area contributed by atoms with Crippen LogP contribution in [0.15, 0.2) is 112 Å². The fraction of sp³-hybridized carbons (Fsp3) is 0. The molecule has 3 nitrogen and oxygen atoms in total. The lowest BCUT2D eigenvalue weighted by Crippen LogP contribution is -2.00. The van der Waals surface area contributed by atoms with Gasteiger partial charge in [-0.25, -0.2) is 4.79 Å². The second-order valence-electron chi connectivity index (χ2n) is 8.93. The van der Waals surface area contributed by atoms with Gasteiger partial charge in [-0.15, -0.1) is 11.3 Å². The zero-order valence-corrected chi connectivity index (χ0v) is 19.3. The highest BCUT2D eigenvalue weighted by molar-refractivity contribution is 7.25. The molecule has 8 aromatic rings. The van der Waals surface area contributed by atoms with Crippen LogP contribution in [-0.4, -0.2) is 4.57 Å². The van der Waals surface area contributed by atoms with Crippen LogP contribution in [0.4, 0.5) is 0 Å². The maximum absolute atomic E-state index is 12.9. The van der Waals surface area contributed by atoms with Gasteiger partial charge in [0.25, 0.3) is 0 Å². The molecule has 0 atom stereocenters. The van der Waals surface area contributed by atoms with E-state index in [0.717, 1.165) is 38.3 Å². The Hall–Kier alpha value is -4.41. The normalized spacial score (nSPS) is 12.1. The Labute approximate surface area is 203 Å². The first-order valence-corrected chi connectivity index (χ1v) is 12.4. The summed E-state index contributed by atoms with van der Waals surface area (Å²) in [7, 11) is 0. The molecule has 3 aromatic heterocycles. The van der Waals surface area contributed by atoms with E-state index in [0.29, 0.717) is 11.0 Å². The average Bonchev–Trinajstić information content (AvgIpc) is 3.42. The molecule has 0 radical (unpaired) electrons. The summed E-state index contributed by atoms with van der Waals surface area (Å²) >= 11 is 1.82. The molecule has 0 saturated heterocycles. The Morgan fingerprint density at radius 1 is 0.543 bits per heavy atom. The quantitative estimate of drug-likeness (QED) is 0.179. The largest absolute Gasteiger partial charge is 0.422 e. The first kappa shape index (κ1) is 19.0. The van der Waals surface area contributed by atoms with Crippen molar-refractivity contribution >= 4 is 75.1 Å². The second kappa shape index (κ2) is 6.81. The van der Waals surface area contributed by atoms with Gasteiger partial charge in [0.05, 0.1) is 16.4 Å². The third-order valence-corrected chi connectivity index (χ3v) is 8.17. The highest BCUT2D eigenvalue weighted by Crippen LogP contribution is 2.39. The van der Waals surface area contributed by atoms with E-state index in [1.165, 1.54) is 20.2 Å². The van der Waals surface area contributed by atoms with E-state index in [9.17, 15) is 4.79 Å². The molecule has 3 heterocycles. The average molecular weight is 468 g/mol. The Balaban J connectivity index is 1.53. The molecule has 0 saturated carbocycles. The highest BCUT2D eigenvalue weighted by Gasteiger charge is 2.17. The number of thiophene rings is 1. The van der Waals surface area contributed by atoms with Crippen molar-refractivity contribution in [2.24, 2.45) is 0 Å². The zero-order valence-electron chi connectivity index (χ0n) is 18.5. The summed E-state index contributed by atoms with van der Waals surface area (Å²) < 4.78 is 10.5. The summed E-state index contributed by atoms with van der Waals surface area (Å²) in [5.74, 6) is 0. The molecule has 35 heavy (non-hydrogen) atoms. The molecule has 0 bridgehead atoms. The van der Waals surface area contributed by atoms with Crippen LogP contribution in [0.2, 0.25) is 0 Å². The number of nitrogens with zero attached hydrogens (tertiary/aromatic N) is 1. The Morgan fingerprint density at radius 2 is 1.29 bits per heavy atom. The van der Waals surface area contributed by atoms with E-state index >= 15 is 0 Å². The van der Waals surface area contributed by atoms with E-state index in [1.54, 1.807) is 0 Å². The van der Waals surface area contributed by atoms with Crippen molar-refractivity contribution in [2.75, 3.05) is 0 Å². The standard InChI is InChI=1S/C31H17NO2S/c33-31-25-16-24-19-7-1-4-10-26(19)32(27(24)17-23(25)20-8-2-5-11-28(20)34-31)18-13-14-22-21-9-3-6-12-29(21)35-30(22)15-18/h1-17H. The molecule has 0 unspecified atom stereocenters. The topological polar surface area (TPSA) is 35.1 Å². The van der Waals surface area contributed by atoms with E-state index in [2.05, 4.69) is 71.3 Å². The Bertz CT molecular complexity index is 2200. The summed E-state index contributed by atoms with van der Waals surface area (Å²) in [5.41, 5.74) is 3.62. The molecular formula is C31H17NO2S. The highest BCUT2D eigenvalue weighted by atomic mass is 32.1. The van der Waals surface area contributed by atoms with Crippen molar-refractivity contribution in [3.05, 3.63) is 114 Å². The number of hydrogen-bond acceptors (Lipinski definition) is 3. The molecule has 4 heteroatoms. The number of aromatic nitrogens is 1. The van der Waals surface area contributed by atoms with Gasteiger partial charge >= 0.3 is 5.63 Å². The molecular weight excluding hydrogens is 450 g/mol. The van der Waals surface area contributed by atoms with E-state index < -0.39 is 0 Å². The minimum Gasteiger partial charge on any atom is -0.422 e. The van der Waals surface area contributed by atoms with Crippen molar-refractivity contribution in [1.82, 2.24) is 4.57 Å². The number of hydrogen-bond donors (Lipinski definition) is 0. The zero-order chi connectivity index (χ0) is 23.1. The molecule has 0 spiro atoms. The summed E-state index contributed by atoms with van der Waals surface area (Å²) in [6.07, 6.45) is 0. The lowest BCUT2D eigenvalue weighted by molar-refractivity contribution is 0.570. The van der Waals surface area contributed by atoms with Crippen LogP contribution in [0.3, 0.4) is 0 Å². The predicted octanol–water partition coefficient (Wildman–Crippen LogP) is 8.41. The van der Waals surface area contributed by atoms with E-state index in [1.807, 2.05) is 47.7 Å². The second-order valence-corrected chi connectivity index (χ2v) is 10.0. The number of fused-ring (bicyclic) bond motifs is 9. The van der Waals surface area contributed by atoms with Gasteiger partial charge in [0, 0.05) is 47.4 Å². The van der Waals surface area contributed by atoms with Crippen LogP contribution in [0.5, 0.6) is 0 Å². The lowest BCUT2D eigenvalue weighted by atomic mass is 10.0. The maximum atomic E-state index is 12.9. The molecule has 0 fully saturated rings. The van der Waals surface area contributed by atoms with Crippen LogP contribution in [0, 0.1) is 0 Å². The number of rotatable bonds is 1. The van der Waals surface area contributed by atoms with Crippen molar-refractivity contribution in [3.8, 4) is 5.69 Å². The van der Waals surface area contributed by atoms with Gasteiger partial charge in [0.2, 0.25) is 0 Å². The summed E-state index contributed by atoms with van der Waals surface area (Å²) in [6, 6.07) is 35.6. The van der Waals surface area contributed by atoms with E-state index in [-0.39, 0.29) is 5.63 Å². The van der Waals surface area contributed by atoms with Gasteiger partial charge < -0.3 is 8.98 Å². The van der Waals surface area contributed by atoms with Crippen LogP contribution >= 0.6 is 11.3 Å². The van der Waals surface area contributed by atoms with Gasteiger partial charge in [-0.3, -0.25) is 0 Å². The fourth-order valence-corrected chi connectivity index (χ4v) is 6.61. The Morgan fingerprint density at radius 3 is 2.20 bits per heavy atom. The van der Waals surface area contributed by atoms with Crippen molar-refractivity contribution in [1.29, 1.82) is 0 Å². The van der Waals surface area contributed by atoms with Crippen molar-refractivity contribution < 1.29 is 4.42 Å². The molecule has 0 aliphatic rings. The van der Waals surface area contributed by atoms with Crippen molar-refractivity contribution in [2.45, 2.75) is 0 Å². The van der Waals surface area contributed by atoms with Gasteiger partial charge in [-0.05, 0) is 42.5 Å². The minimum atomic E-state index is -0.302. The van der Waals surface area contributed by atoms with Crippen LogP contribution < -0.4 is 5.63 Å². The van der Waals surface area contributed by atoms with Crippen LogP contribution in [-0.2, 0) is 0 Å². The Kier molecular flexibility index (Phi) is 3.69. The molecule has 0 amide bonds. The molecule has 5 aromatic carbocycles. The van der Waals surface area contributed by atoms with Crippen LogP contribution in [0.25, 0.3) is 69.4 Å². The molecule has 164 valence electrons. The minimum absolute atomic E-state index is 0.302. The molecule has 8 rings (SSSR count). The summed E-state index contributed by atoms with van der Waals surface area (Å²) in [5, 5.41) is 7.21. The molecule has 0 aliphatic carbocycles. The fourth-order valence-electron chi connectivity index (χ4n) is 5.47. The van der Waals surface area contributed by atoms with Gasteiger partial charge in [-0.1, -0.05) is 60.7 Å².